The Bertz CT molecular complexity index is 724. The molecule has 116 valence electrons. The molecule has 0 amide bonds. The summed E-state index contributed by atoms with van der Waals surface area (Å²) in [7, 11) is -1.51. The molecular formula is C16H16BrFN2OS. The first-order valence-corrected chi connectivity index (χ1v) is 8.56. The molecule has 0 saturated carbocycles. The molecule has 0 aliphatic rings. The molecule has 3 nitrogen and oxygen atoms in total. The van der Waals surface area contributed by atoms with Gasteiger partial charge in [-0.15, -0.1) is 0 Å². The lowest BCUT2D eigenvalue weighted by molar-refractivity contribution is 0.618. The first-order valence-electron chi connectivity index (χ1n) is 6.66. The highest BCUT2D eigenvalue weighted by Gasteiger charge is 2.22. The van der Waals surface area contributed by atoms with Crippen molar-refractivity contribution in [3.63, 3.8) is 0 Å². The van der Waals surface area contributed by atoms with Gasteiger partial charge in [-0.2, -0.15) is 4.40 Å². The van der Waals surface area contributed by atoms with Crippen molar-refractivity contribution in [1.82, 2.24) is 4.98 Å². The monoisotopic (exact) mass is 382 g/mol. The summed E-state index contributed by atoms with van der Waals surface area (Å²) >= 11 is 3.36. The molecular weight excluding hydrogens is 367 g/mol. The smallest absolute Gasteiger partial charge is 0.151 e. The number of nitrogens with zero attached hydrogens (tertiary/aromatic N) is 2. The van der Waals surface area contributed by atoms with Crippen molar-refractivity contribution in [1.29, 1.82) is 0 Å². The van der Waals surface area contributed by atoms with Gasteiger partial charge in [-0.25, -0.2) is 8.60 Å². The van der Waals surface area contributed by atoms with E-state index in [4.69, 9.17) is 0 Å². The Morgan fingerprint density at radius 2 is 1.86 bits per heavy atom. The van der Waals surface area contributed by atoms with E-state index in [0.717, 1.165) is 4.47 Å². The molecule has 1 heterocycles. The van der Waals surface area contributed by atoms with Gasteiger partial charge in [-0.1, -0.05) is 28.1 Å². The Labute approximate surface area is 140 Å². The molecule has 0 saturated heterocycles. The van der Waals surface area contributed by atoms with Crippen LogP contribution in [0.4, 0.5) is 4.39 Å². The average Bonchev–Trinajstić information content (AvgIpc) is 2.45. The van der Waals surface area contributed by atoms with Crippen molar-refractivity contribution in [2.24, 2.45) is 4.40 Å². The number of hydrogen-bond donors (Lipinski definition) is 0. The second-order valence-corrected chi connectivity index (χ2v) is 8.46. The van der Waals surface area contributed by atoms with Crippen molar-refractivity contribution < 1.29 is 8.60 Å². The minimum Gasteiger partial charge on any atom is -0.251 e. The molecule has 0 N–H and O–H groups in total. The summed E-state index contributed by atoms with van der Waals surface area (Å²) in [6.07, 6.45) is 1.49. The Kier molecular flexibility index (Phi) is 5.24. The van der Waals surface area contributed by atoms with Crippen LogP contribution < -0.4 is 0 Å². The van der Waals surface area contributed by atoms with Crippen LogP contribution >= 0.6 is 15.9 Å². The van der Waals surface area contributed by atoms with E-state index in [0.29, 0.717) is 11.3 Å². The van der Waals surface area contributed by atoms with Crippen LogP contribution in [0.2, 0.25) is 0 Å². The highest BCUT2D eigenvalue weighted by atomic mass is 79.9. The topological polar surface area (TPSA) is 42.3 Å². The van der Waals surface area contributed by atoms with Crippen LogP contribution in [-0.2, 0) is 11.0 Å². The highest BCUT2D eigenvalue weighted by molar-refractivity contribution is 9.10. The van der Waals surface area contributed by atoms with Gasteiger partial charge >= 0.3 is 0 Å². The van der Waals surface area contributed by atoms with Crippen LogP contribution in [0.15, 0.2) is 51.5 Å². The average molecular weight is 383 g/mol. The largest absolute Gasteiger partial charge is 0.251 e. The molecule has 1 atom stereocenters. The second kappa shape index (κ2) is 6.79. The fraction of sp³-hybridized carbons (Fsp3) is 0.250. The summed E-state index contributed by atoms with van der Waals surface area (Å²) in [5.74, 6) is -0.491. The van der Waals surface area contributed by atoms with Gasteiger partial charge in [0.05, 0.1) is 4.75 Å². The molecule has 22 heavy (non-hydrogen) atoms. The summed E-state index contributed by atoms with van der Waals surface area (Å²) in [5, 5.41) is 0. The second-order valence-electron chi connectivity index (χ2n) is 5.64. The zero-order valence-electron chi connectivity index (χ0n) is 12.5. The van der Waals surface area contributed by atoms with Crippen molar-refractivity contribution in [3.05, 3.63) is 64.1 Å². The molecule has 2 rings (SSSR count). The molecule has 0 unspecified atom stereocenters. The van der Waals surface area contributed by atoms with Gasteiger partial charge in [0.2, 0.25) is 0 Å². The standard InChI is InChI=1S/C16H16BrFN2OS/c1-16(2,3)22(21)20-14(11-6-8-12(17)9-7-11)15-13(18)5-4-10-19-15/h4-10H,1-3H3/t22-/m1/s1. The first kappa shape index (κ1) is 17.0. The van der Waals surface area contributed by atoms with E-state index in [-0.39, 0.29) is 5.69 Å². The van der Waals surface area contributed by atoms with E-state index in [1.54, 1.807) is 12.1 Å². The van der Waals surface area contributed by atoms with Gasteiger partial charge in [-0.05, 0) is 45.0 Å². The van der Waals surface area contributed by atoms with Gasteiger partial charge < -0.3 is 0 Å². The highest BCUT2D eigenvalue weighted by Crippen LogP contribution is 2.19. The lowest BCUT2D eigenvalue weighted by Crippen LogP contribution is -2.22. The Hall–Kier alpha value is -1.40. The van der Waals surface area contributed by atoms with Crippen LogP contribution in [0.25, 0.3) is 0 Å². The number of aromatic nitrogens is 1. The Balaban J connectivity index is 2.60. The molecule has 0 aliphatic carbocycles. The van der Waals surface area contributed by atoms with Gasteiger partial charge in [0.25, 0.3) is 0 Å². The van der Waals surface area contributed by atoms with Gasteiger partial charge in [0.1, 0.15) is 22.4 Å². The van der Waals surface area contributed by atoms with Crippen LogP contribution in [0.1, 0.15) is 32.0 Å². The molecule has 6 heteroatoms. The third kappa shape index (κ3) is 4.08. The number of hydrogen-bond acceptors (Lipinski definition) is 2. The molecule has 1 aromatic heterocycles. The maximum atomic E-state index is 14.1. The molecule has 0 radical (unpaired) electrons. The van der Waals surface area contributed by atoms with Gasteiger partial charge in [0, 0.05) is 16.2 Å². The normalized spacial score (nSPS) is 14.0. The molecule has 0 bridgehead atoms. The van der Waals surface area contributed by atoms with Crippen LogP contribution in [0, 0.1) is 5.82 Å². The lowest BCUT2D eigenvalue weighted by Gasteiger charge is -2.15. The summed E-state index contributed by atoms with van der Waals surface area (Å²) in [6.45, 7) is 5.46. The summed E-state index contributed by atoms with van der Waals surface area (Å²) in [4.78, 5) is 4.06. The van der Waals surface area contributed by atoms with E-state index in [2.05, 4.69) is 25.3 Å². The predicted octanol–water partition coefficient (Wildman–Crippen LogP) is 4.28. The van der Waals surface area contributed by atoms with Crippen LogP contribution in [0.5, 0.6) is 0 Å². The first-order chi connectivity index (χ1) is 10.3. The molecule has 0 fully saturated rings. The molecule has 0 spiro atoms. The van der Waals surface area contributed by atoms with Crippen molar-refractivity contribution in [3.8, 4) is 0 Å². The summed E-state index contributed by atoms with van der Waals surface area (Å²) in [6, 6.07) is 10.1. The molecule has 0 aliphatic heterocycles. The Morgan fingerprint density at radius 3 is 2.41 bits per heavy atom. The number of benzene rings is 1. The maximum Gasteiger partial charge on any atom is 0.151 e. The minimum absolute atomic E-state index is 0.0995. The van der Waals surface area contributed by atoms with E-state index in [1.165, 1.54) is 18.3 Å². The van der Waals surface area contributed by atoms with Crippen LogP contribution in [-0.4, -0.2) is 19.7 Å². The zero-order valence-corrected chi connectivity index (χ0v) is 14.9. The fourth-order valence-electron chi connectivity index (χ4n) is 1.62. The number of halogens is 2. The van der Waals surface area contributed by atoms with Crippen molar-refractivity contribution >= 4 is 32.6 Å². The number of pyridine rings is 1. The van der Waals surface area contributed by atoms with E-state index >= 15 is 0 Å². The number of rotatable bonds is 3. The summed E-state index contributed by atoms with van der Waals surface area (Å²) in [5.41, 5.74) is 1.06. The van der Waals surface area contributed by atoms with Gasteiger partial charge in [-0.3, -0.25) is 4.98 Å². The quantitative estimate of drug-likeness (QED) is 0.743. The third-order valence-electron chi connectivity index (χ3n) is 2.80. The van der Waals surface area contributed by atoms with Crippen LogP contribution in [0.3, 0.4) is 0 Å². The predicted molar refractivity (Wildman–Crippen MR) is 91.9 cm³/mol. The Morgan fingerprint density at radius 1 is 1.23 bits per heavy atom. The zero-order chi connectivity index (χ0) is 16.3. The van der Waals surface area contributed by atoms with Gasteiger partial charge in [0.15, 0.2) is 5.82 Å². The molecule has 1 aromatic carbocycles. The third-order valence-corrected chi connectivity index (χ3v) is 4.72. The molecule has 2 aromatic rings. The SMILES string of the molecule is CC(C)(C)[S@@](=O)N=C(c1ccc(Br)cc1)c1ncccc1F. The van der Waals surface area contributed by atoms with E-state index in [1.807, 2.05) is 32.9 Å². The summed E-state index contributed by atoms with van der Waals surface area (Å²) < 4.78 is 31.1. The van der Waals surface area contributed by atoms with E-state index < -0.39 is 21.5 Å². The lowest BCUT2D eigenvalue weighted by atomic mass is 10.1. The fourth-order valence-corrected chi connectivity index (χ4v) is 2.52. The minimum atomic E-state index is -1.51. The van der Waals surface area contributed by atoms with Crippen molar-refractivity contribution in [2.45, 2.75) is 25.5 Å². The van der Waals surface area contributed by atoms with E-state index in [9.17, 15) is 8.60 Å². The maximum absolute atomic E-state index is 14.1. The van der Waals surface area contributed by atoms with Crippen molar-refractivity contribution in [2.75, 3.05) is 0 Å².